The van der Waals surface area contributed by atoms with Gasteiger partial charge in [0.05, 0.1) is 18.3 Å². The number of hydrogen-bond acceptors (Lipinski definition) is 8. The van der Waals surface area contributed by atoms with Crippen LogP contribution in [0.2, 0.25) is 19.6 Å². The Kier molecular flexibility index (Phi) is 10.1. The highest BCUT2D eigenvalue weighted by Gasteiger charge is 2.21. The van der Waals surface area contributed by atoms with Crippen molar-refractivity contribution in [3.8, 4) is 28.3 Å². The van der Waals surface area contributed by atoms with E-state index < -0.39 is 25.8 Å². The second-order valence-electron chi connectivity index (χ2n) is 12.7. The van der Waals surface area contributed by atoms with E-state index in [1.165, 1.54) is 0 Å². The average Bonchev–Trinajstić information content (AvgIpc) is 3.38. The Balaban J connectivity index is 1.44. The summed E-state index contributed by atoms with van der Waals surface area (Å²) in [6.07, 6.45) is 4.82. The highest BCUT2D eigenvalue weighted by Crippen LogP contribution is 2.30. The summed E-state index contributed by atoms with van der Waals surface area (Å²) in [5.41, 5.74) is 7.01. The van der Waals surface area contributed by atoms with E-state index in [1.54, 1.807) is 44.8 Å². The molecular weight excluding hydrogens is 586 g/mol. The van der Waals surface area contributed by atoms with E-state index >= 15 is 0 Å². The Morgan fingerprint density at radius 1 is 1.07 bits per heavy atom. The molecule has 0 unspecified atom stereocenters. The first-order valence-electron chi connectivity index (χ1n) is 14.7. The van der Waals surface area contributed by atoms with E-state index in [2.05, 4.69) is 57.1 Å². The standard InChI is InChI=1S/C33H41N7O4Si/c1-22(37-32(42)44-33(2,3)4)30(41)34-12-13-43-28-17-24(26-20-36-40(5)21-26)16-27(18-28)38-31-35-19-25-15-23(9-10-29(25)39-31)11-14-45(6,7)8/h9-10,15-22H,12-13H2,1-8H3,(H,34,41)(H,37,42)(H,35,38,39)/t22-/m1/s1. The SMILES string of the molecule is C[C@@H](NC(=O)OC(C)(C)C)C(=O)NCCOc1cc(Nc2ncc3cc(C#C[Si](C)(C)C)ccc3n2)cc(-c2cnn(C)c2)c1. The number of aromatic nitrogens is 4. The first-order valence-corrected chi connectivity index (χ1v) is 18.2. The molecule has 236 valence electrons. The van der Waals surface area contributed by atoms with Crippen molar-refractivity contribution in [2.24, 2.45) is 7.05 Å². The number of nitrogens with zero attached hydrogens (tertiary/aromatic N) is 4. The maximum atomic E-state index is 12.5. The van der Waals surface area contributed by atoms with Crippen LogP contribution in [-0.2, 0) is 16.6 Å². The molecule has 1 atom stereocenters. The molecule has 0 aliphatic heterocycles. The first kappa shape index (κ1) is 33.0. The number of carbonyl (C=O) groups is 2. The topological polar surface area (TPSA) is 132 Å². The van der Waals surface area contributed by atoms with E-state index in [9.17, 15) is 9.59 Å². The van der Waals surface area contributed by atoms with Crippen molar-refractivity contribution in [2.45, 2.75) is 59.0 Å². The largest absolute Gasteiger partial charge is 0.492 e. The van der Waals surface area contributed by atoms with Crippen molar-refractivity contribution in [1.82, 2.24) is 30.4 Å². The third kappa shape index (κ3) is 10.4. The van der Waals surface area contributed by atoms with Gasteiger partial charge >= 0.3 is 6.09 Å². The smallest absolute Gasteiger partial charge is 0.408 e. The average molecular weight is 628 g/mol. The first-order chi connectivity index (χ1) is 21.1. The summed E-state index contributed by atoms with van der Waals surface area (Å²) < 4.78 is 13.0. The number of aryl methyl sites for hydroxylation is 1. The molecule has 4 rings (SSSR count). The maximum Gasteiger partial charge on any atom is 0.408 e. The Morgan fingerprint density at radius 3 is 2.53 bits per heavy atom. The van der Waals surface area contributed by atoms with Crippen LogP contribution in [0.4, 0.5) is 16.4 Å². The molecule has 2 amide bonds. The third-order valence-electron chi connectivity index (χ3n) is 6.16. The summed E-state index contributed by atoms with van der Waals surface area (Å²) in [4.78, 5) is 33.7. The van der Waals surface area contributed by atoms with Crippen LogP contribution in [0, 0.1) is 11.5 Å². The molecular formula is C33H41N7O4Si. The van der Waals surface area contributed by atoms with Crippen LogP contribution in [0.3, 0.4) is 0 Å². The second-order valence-corrected chi connectivity index (χ2v) is 17.5. The molecule has 2 heterocycles. The molecule has 0 fully saturated rings. The maximum absolute atomic E-state index is 12.5. The van der Waals surface area contributed by atoms with Gasteiger partial charge in [-0.15, -0.1) is 5.54 Å². The lowest BCUT2D eigenvalue weighted by molar-refractivity contribution is -0.122. The highest BCUT2D eigenvalue weighted by atomic mass is 28.3. The van der Waals surface area contributed by atoms with Crippen molar-refractivity contribution in [1.29, 1.82) is 0 Å². The molecule has 12 heteroatoms. The second kappa shape index (κ2) is 13.8. The molecule has 0 bridgehead atoms. The van der Waals surface area contributed by atoms with Gasteiger partial charge in [-0.3, -0.25) is 9.48 Å². The lowest BCUT2D eigenvalue weighted by Gasteiger charge is -2.21. The van der Waals surface area contributed by atoms with Gasteiger partial charge in [-0.2, -0.15) is 5.10 Å². The minimum atomic E-state index is -1.48. The van der Waals surface area contributed by atoms with Crippen LogP contribution >= 0.6 is 0 Å². The normalized spacial score (nSPS) is 12.1. The summed E-state index contributed by atoms with van der Waals surface area (Å²) >= 11 is 0. The Morgan fingerprint density at radius 2 is 1.84 bits per heavy atom. The van der Waals surface area contributed by atoms with Crippen molar-refractivity contribution in [3.05, 3.63) is 60.6 Å². The Labute approximate surface area is 265 Å². The van der Waals surface area contributed by atoms with Crippen LogP contribution in [0.15, 0.2) is 55.0 Å². The van der Waals surface area contributed by atoms with Crippen molar-refractivity contribution in [3.63, 3.8) is 0 Å². The minimum Gasteiger partial charge on any atom is -0.492 e. The number of carbonyl (C=O) groups excluding carboxylic acids is 2. The molecule has 45 heavy (non-hydrogen) atoms. The third-order valence-corrected chi connectivity index (χ3v) is 7.03. The molecule has 0 spiro atoms. The fraction of sp³-hybridized carbons (Fsp3) is 0.364. The van der Waals surface area contributed by atoms with Crippen molar-refractivity contribution >= 4 is 42.6 Å². The Bertz CT molecular complexity index is 1750. The molecule has 0 radical (unpaired) electrons. The lowest BCUT2D eigenvalue weighted by Crippen LogP contribution is -2.47. The zero-order chi connectivity index (χ0) is 32.8. The number of benzene rings is 2. The predicted octanol–water partition coefficient (Wildman–Crippen LogP) is 5.41. The molecule has 2 aromatic heterocycles. The zero-order valence-electron chi connectivity index (χ0n) is 27.1. The van der Waals surface area contributed by atoms with Gasteiger partial charge in [0.25, 0.3) is 0 Å². The highest BCUT2D eigenvalue weighted by molar-refractivity contribution is 6.83. The fourth-order valence-electron chi connectivity index (χ4n) is 4.10. The molecule has 4 aromatic rings. The summed E-state index contributed by atoms with van der Waals surface area (Å²) in [7, 11) is 0.377. The van der Waals surface area contributed by atoms with E-state index in [1.807, 2.05) is 49.6 Å². The predicted molar refractivity (Wildman–Crippen MR) is 179 cm³/mol. The Hall–Kier alpha value is -4.89. The number of ether oxygens (including phenoxy) is 2. The van der Waals surface area contributed by atoms with E-state index in [0.717, 1.165) is 33.3 Å². The number of rotatable bonds is 9. The van der Waals surface area contributed by atoms with Crippen molar-refractivity contribution in [2.75, 3.05) is 18.5 Å². The van der Waals surface area contributed by atoms with Gasteiger partial charge in [0.1, 0.15) is 32.1 Å². The van der Waals surface area contributed by atoms with E-state index in [0.29, 0.717) is 11.7 Å². The number of fused-ring (bicyclic) bond motifs is 1. The fourth-order valence-corrected chi connectivity index (χ4v) is 4.62. The summed E-state index contributed by atoms with van der Waals surface area (Å²) in [5.74, 6) is 3.96. The molecule has 0 saturated heterocycles. The number of amides is 2. The number of anilines is 2. The van der Waals surface area contributed by atoms with Crippen LogP contribution < -0.4 is 20.7 Å². The zero-order valence-corrected chi connectivity index (χ0v) is 28.1. The molecule has 0 aliphatic rings. The van der Waals surface area contributed by atoms with Gasteiger partial charge in [-0.1, -0.05) is 25.6 Å². The van der Waals surface area contributed by atoms with Gasteiger partial charge in [0.15, 0.2) is 0 Å². The van der Waals surface area contributed by atoms with E-state index in [-0.39, 0.29) is 19.1 Å². The number of alkyl carbamates (subject to hydrolysis) is 1. The molecule has 0 saturated carbocycles. The molecule has 11 nitrogen and oxygen atoms in total. The molecule has 2 aromatic carbocycles. The summed E-state index contributed by atoms with van der Waals surface area (Å²) in [5, 5.41) is 13.8. The van der Waals surface area contributed by atoms with Crippen LogP contribution in [-0.4, -0.2) is 64.6 Å². The van der Waals surface area contributed by atoms with Crippen LogP contribution in [0.5, 0.6) is 5.75 Å². The summed E-state index contributed by atoms with van der Waals surface area (Å²) in [6, 6.07) is 10.9. The van der Waals surface area contributed by atoms with E-state index in [4.69, 9.17) is 14.5 Å². The minimum absolute atomic E-state index is 0.205. The molecule has 3 N–H and O–H groups in total. The number of hydrogen-bond donors (Lipinski definition) is 3. The van der Waals surface area contributed by atoms with Gasteiger partial charge in [0, 0.05) is 47.7 Å². The van der Waals surface area contributed by atoms with Gasteiger partial charge < -0.3 is 25.4 Å². The number of nitrogens with one attached hydrogen (secondary N) is 3. The van der Waals surface area contributed by atoms with Crippen molar-refractivity contribution < 1.29 is 19.1 Å². The monoisotopic (exact) mass is 627 g/mol. The summed E-state index contributed by atoms with van der Waals surface area (Å²) in [6.45, 7) is 14.0. The van der Waals surface area contributed by atoms with Crippen LogP contribution in [0.25, 0.3) is 22.0 Å². The van der Waals surface area contributed by atoms with Gasteiger partial charge in [-0.05, 0) is 63.6 Å². The van der Waals surface area contributed by atoms with Gasteiger partial charge in [-0.25, -0.2) is 14.8 Å². The quantitative estimate of drug-likeness (QED) is 0.128. The van der Waals surface area contributed by atoms with Gasteiger partial charge in [0.2, 0.25) is 11.9 Å². The molecule has 0 aliphatic carbocycles. The van der Waals surface area contributed by atoms with Crippen LogP contribution in [0.1, 0.15) is 33.3 Å². The lowest BCUT2D eigenvalue weighted by atomic mass is 10.1.